The highest BCUT2D eigenvalue weighted by atomic mass is 16.3. The van der Waals surface area contributed by atoms with E-state index in [9.17, 15) is 0 Å². The Morgan fingerprint density at radius 3 is 2.77 bits per heavy atom. The van der Waals surface area contributed by atoms with Crippen molar-refractivity contribution in [2.24, 2.45) is 0 Å². The molecule has 0 fully saturated rings. The number of aromatic nitrogens is 2. The maximum absolute atomic E-state index is 5.29. The number of nitrogens with one attached hydrogen (secondary N) is 1. The van der Waals surface area contributed by atoms with Crippen LogP contribution in [0.15, 0.2) is 59.3 Å². The second-order valence-corrected chi connectivity index (χ2v) is 5.38. The first-order valence-electron chi connectivity index (χ1n) is 7.66. The van der Waals surface area contributed by atoms with Crippen LogP contribution in [0.5, 0.6) is 0 Å². The minimum Gasteiger partial charge on any atom is -0.468 e. The zero-order chi connectivity index (χ0) is 15.2. The van der Waals surface area contributed by atoms with E-state index in [0.29, 0.717) is 0 Å². The van der Waals surface area contributed by atoms with Crippen LogP contribution in [0.25, 0.3) is 5.69 Å². The highest BCUT2D eigenvalue weighted by molar-refractivity contribution is 5.32. The van der Waals surface area contributed by atoms with Gasteiger partial charge in [-0.15, -0.1) is 0 Å². The summed E-state index contributed by atoms with van der Waals surface area (Å²) in [6, 6.07) is 14.1. The monoisotopic (exact) mass is 295 g/mol. The Balaban J connectivity index is 1.49. The molecule has 114 valence electrons. The molecule has 0 aliphatic carbocycles. The van der Waals surface area contributed by atoms with Gasteiger partial charge in [0.2, 0.25) is 0 Å². The van der Waals surface area contributed by atoms with Crippen LogP contribution in [0.2, 0.25) is 0 Å². The van der Waals surface area contributed by atoms with Crippen molar-refractivity contribution in [1.29, 1.82) is 0 Å². The van der Waals surface area contributed by atoms with Crippen LogP contribution in [0.4, 0.5) is 0 Å². The second-order valence-electron chi connectivity index (χ2n) is 5.38. The zero-order valence-corrected chi connectivity index (χ0v) is 12.8. The first kappa shape index (κ1) is 14.6. The number of furan rings is 1. The van der Waals surface area contributed by atoms with Crippen molar-refractivity contribution >= 4 is 0 Å². The number of hydrogen-bond acceptors (Lipinski definition) is 3. The Labute approximate surface area is 130 Å². The van der Waals surface area contributed by atoms with Crippen molar-refractivity contribution in [3.8, 4) is 5.69 Å². The summed E-state index contributed by atoms with van der Waals surface area (Å²) in [7, 11) is 0. The molecule has 2 aromatic heterocycles. The lowest BCUT2D eigenvalue weighted by atomic mass is 10.1. The van der Waals surface area contributed by atoms with E-state index in [1.807, 2.05) is 35.0 Å². The van der Waals surface area contributed by atoms with Gasteiger partial charge in [-0.2, -0.15) is 5.10 Å². The third kappa shape index (κ3) is 3.65. The molecule has 4 nitrogen and oxygen atoms in total. The molecule has 0 unspecified atom stereocenters. The summed E-state index contributed by atoms with van der Waals surface area (Å²) in [5.74, 6) is 0.980. The Kier molecular flexibility index (Phi) is 4.71. The Hall–Kier alpha value is -2.33. The summed E-state index contributed by atoms with van der Waals surface area (Å²) < 4.78 is 7.25. The first-order valence-corrected chi connectivity index (χ1v) is 7.66. The number of benzene rings is 1. The van der Waals surface area contributed by atoms with E-state index in [2.05, 4.69) is 35.7 Å². The average Bonchev–Trinajstić information content (AvgIpc) is 3.18. The second kappa shape index (κ2) is 7.09. The van der Waals surface area contributed by atoms with E-state index in [1.165, 1.54) is 5.56 Å². The van der Waals surface area contributed by atoms with E-state index in [0.717, 1.165) is 43.1 Å². The van der Waals surface area contributed by atoms with Gasteiger partial charge in [0.25, 0.3) is 0 Å². The molecule has 0 saturated heterocycles. The SMILES string of the molecule is Cc1nn(-c2ccccc2)cc1CCCNCc1ccco1. The minimum atomic E-state index is 0.787. The standard InChI is InChI=1S/C18H21N3O/c1-15-16(7-5-11-19-13-18-10-6-12-22-18)14-21(20-15)17-8-3-2-4-9-17/h2-4,6,8-10,12,14,19H,5,7,11,13H2,1H3. The smallest absolute Gasteiger partial charge is 0.117 e. The van der Waals surface area contributed by atoms with Gasteiger partial charge < -0.3 is 9.73 Å². The fourth-order valence-electron chi connectivity index (χ4n) is 2.48. The van der Waals surface area contributed by atoms with E-state index in [-0.39, 0.29) is 0 Å². The molecule has 2 heterocycles. The van der Waals surface area contributed by atoms with Crippen molar-refractivity contribution < 1.29 is 4.42 Å². The van der Waals surface area contributed by atoms with Crippen molar-refractivity contribution in [3.05, 3.63) is 71.9 Å². The predicted molar refractivity (Wildman–Crippen MR) is 87.0 cm³/mol. The highest BCUT2D eigenvalue weighted by Gasteiger charge is 2.06. The van der Waals surface area contributed by atoms with Crippen LogP contribution in [0.3, 0.4) is 0 Å². The molecule has 4 heteroatoms. The van der Waals surface area contributed by atoms with Gasteiger partial charge in [-0.05, 0) is 56.1 Å². The molecule has 0 aliphatic rings. The number of hydrogen-bond donors (Lipinski definition) is 1. The molecule has 0 atom stereocenters. The topological polar surface area (TPSA) is 43.0 Å². The van der Waals surface area contributed by atoms with E-state index < -0.39 is 0 Å². The molecule has 1 aromatic carbocycles. The van der Waals surface area contributed by atoms with Crippen molar-refractivity contribution in [2.45, 2.75) is 26.3 Å². The Bertz CT molecular complexity index is 686. The van der Waals surface area contributed by atoms with Crippen LogP contribution in [-0.2, 0) is 13.0 Å². The lowest BCUT2D eigenvalue weighted by Crippen LogP contribution is -2.14. The highest BCUT2D eigenvalue weighted by Crippen LogP contribution is 2.13. The van der Waals surface area contributed by atoms with Gasteiger partial charge in [0.05, 0.1) is 24.2 Å². The van der Waals surface area contributed by atoms with Crippen LogP contribution < -0.4 is 5.32 Å². The maximum Gasteiger partial charge on any atom is 0.117 e. The first-order chi connectivity index (χ1) is 10.8. The molecular formula is C18H21N3O. The average molecular weight is 295 g/mol. The van der Waals surface area contributed by atoms with Crippen molar-refractivity contribution in [3.63, 3.8) is 0 Å². The zero-order valence-electron chi connectivity index (χ0n) is 12.8. The third-order valence-corrected chi connectivity index (χ3v) is 3.70. The normalized spacial score (nSPS) is 11.0. The van der Waals surface area contributed by atoms with Gasteiger partial charge in [-0.25, -0.2) is 4.68 Å². The lowest BCUT2D eigenvalue weighted by molar-refractivity contribution is 0.481. The van der Waals surface area contributed by atoms with E-state index in [4.69, 9.17) is 4.42 Å². The maximum atomic E-state index is 5.29. The van der Waals surface area contributed by atoms with Crippen molar-refractivity contribution in [2.75, 3.05) is 6.54 Å². The summed E-state index contributed by atoms with van der Waals surface area (Å²) >= 11 is 0. The van der Waals surface area contributed by atoms with Gasteiger partial charge >= 0.3 is 0 Å². The molecular weight excluding hydrogens is 274 g/mol. The summed E-state index contributed by atoms with van der Waals surface area (Å²) in [6.45, 7) is 3.83. The molecule has 0 saturated carbocycles. The van der Waals surface area contributed by atoms with Crippen LogP contribution in [-0.4, -0.2) is 16.3 Å². The van der Waals surface area contributed by atoms with Gasteiger partial charge in [-0.1, -0.05) is 18.2 Å². The summed E-state index contributed by atoms with van der Waals surface area (Å²) in [5, 5.41) is 8.00. The quantitative estimate of drug-likeness (QED) is 0.678. The molecule has 1 N–H and O–H groups in total. The number of aryl methyl sites for hydroxylation is 2. The van der Waals surface area contributed by atoms with Crippen molar-refractivity contribution in [1.82, 2.24) is 15.1 Å². The van der Waals surface area contributed by atoms with Gasteiger partial charge in [0, 0.05) is 6.20 Å². The lowest BCUT2D eigenvalue weighted by Gasteiger charge is -2.02. The molecule has 0 radical (unpaired) electrons. The van der Waals surface area contributed by atoms with Gasteiger partial charge in [-0.3, -0.25) is 0 Å². The summed E-state index contributed by atoms with van der Waals surface area (Å²) in [4.78, 5) is 0. The minimum absolute atomic E-state index is 0.787. The predicted octanol–water partition coefficient (Wildman–Crippen LogP) is 3.50. The fraction of sp³-hybridized carbons (Fsp3) is 0.278. The Morgan fingerprint density at radius 1 is 1.14 bits per heavy atom. The van der Waals surface area contributed by atoms with Gasteiger partial charge in [0.1, 0.15) is 5.76 Å². The molecule has 3 rings (SSSR count). The number of rotatable bonds is 7. The number of nitrogens with zero attached hydrogens (tertiary/aromatic N) is 2. The molecule has 0 spiro atoms. The molecule has 0 amide bonds. The van der Waals surface area contributed by atoms with Gasteiger partial charge in [0.15, 0.2) is 0 Å². The molecule has 22 heavy (non-hydrogen) atoms. The van der Waals surface area contributed by atoms with Crippen LogP contribution >= 0.6 is 0 Å². The molecule has 0 bridgehead atoms. The fourth-order valence-corrected chi connectivity index (χ4v) is 2.48. The number of para-hydroxylation sites is 1. The Morgan fingerprint density at radius 2 is 2.00 bits per heavy atom. The molecule has 3 aromatic rings. The van der Waals surface area contributed by atoms with E-state index in [1.54, 1.807) is 6.26 Å². The largest absolute Gasteiger partial charge is 0.468 e. The summed E-state index contributed by atoms with van der Waals surface area (Å²) in [6.07, 6.45) is 5.96. The van der Waals surface area contributed by atoms with Crippen LogP contribution in [0.1, 0.15) is 23.4 Å². The summed E-state index contributed by atoms with van der Waals surface area (Å²) in [5.41, 5.74) is 3.52. The van der Waals surface area contributed by atoms with E-state index >= 15 is 0 Å². The third-order valence-electron chi connectivity index (χ3n) is 3.70. The van der Waals surface area contributed by atoms with Crippen LogP contribution in [0, 0.1) is 6.92 Å². The molecule has 0 aliphatic heterocycles.